The number of carbonyl (C=O) groups is 2. The van der Waals surface area contributed by atoms with Gasteiger partial charge in [-0.3, -0.25) is 13.9 Å². The summed E-state index contributed by atoms with van der Waals surface area (Å²) in [5, 5.41) is 6.70. The molecule has 0 unspecified atom stereocenters. The van der Waals surface area contributed by atoms with Gasteiger partial charge in [0.1, 0.15) is 29.5 Å². The van der Waals surface area contributed by atoms with E-state index in [1.807, 2.05) is 0 Å². The molecule has 0 bridgehead atoms. The Bertz CT molecular complexity index is 1740. The molecule has 4 aromatic carbocycles. The van der Waals surface area contributed by atoms with E-state index in [4.69, 9.17) is 18.9 Å². The molecule has 0 aliphatic heterocycles. The Labute approximate surface area is 261 Å². The number of hydrogen-bond acceptors (Lipinski definition) is 9. The molecule has 45 heavy (non-hydrogen) atoms. The third-order valence-electron chi connectivity index (χ3n) is 6.32. The van der Waals surface area contributed by atoms with Crippen molar-refractivity contribution in [3.8, 4) is 23.0 Å². The molecule has 0 fully saturated rings. The number of rotatable bonds is 14. The molecule has 4 aromatic rings. The van der Waals surface area contributed by atoms with Gasteiger partial charge in [-0.05, 0) is 78.4 Å². The van der Waals surface area contributed by atoms with Crippen molar-refractivity contribution in [2.75, 3.05) is 44.1 Å². The summed E-state index contributed by atoms with van der Waals surface area (Å²) in [7, 11) is 0.219. The summed E-state index contributed by atoms with van der Waals surface area (Å²) in [4.78, 5) is 25.2. The van der Waals surface area contributed by atoms with Crippen LogP contribution in [0.2, 0.25) is 0 Å². The second-order valence-electron chi connectivity index (χ2n) is 9.26. The van der Waals surface area contributed by atoms with Gasteiger partial charge < -0.3 is 24.3 Å². The molecule has 0 heterocycles. The summed E-state index contributed by atoms with van der Waals surface area (Å²) in [5.74, 6) is 0.694. The van der Waals surface area contributed by atoms with Crippen LogP contribution in [0.3, 0.4) is 0 Å². The molecule has 4 rings (SSSR count). The summed E-state index contributed by atoms with van der Waals surface area (Å²) >= 11 is 0. The molecule has 0 aromatic heterocycles. The quantitative estimate of drug-likeness (QED) is 0.156. The zero-order valence-corrected chi connectivity index (χ0v) is 25.6. The highest BCUT2D eigenvalue weighted by molar-refractivity contribution is 7.92. The van der Waals surface area contributed by atoms with E-state index >= 15 is 0 Å². The van der Waals surface area contributed by atoms with Gasteiger partial charge >= 0.3 is 0 Å². The maximum absolute atomic E-state index is 13.6. The zero-order chi connectivity index (χ0) is 32.2. The largest absolute Gasteiger partial charge is 0.497 e. The van der Waals surface area contributed by atoms with Crippen LogP contribution >= 0.6 is 0 Å². The van der Waals surface area contributed by atoms with Crippen LogP contribution in [0.25, 0.3) is 0 Å². The minimum atomic E-state index is -4.19. The van der Waals surface area contributed by atoms with Gasteiger partial charge in [-0.25, -0.2) is 13.8 Å². The SMILES string of the molecule is COc1ccc(S(=O)(=O)N(CC(=O)N/N=C\c2ccc(OCC(=O)Nc3ccccc3OC)cc2)c2ccccc2OC)cc1. The Hall–Kier alpha value is -5.56. The van der Waals surface area contributed by atoms with Crippen LogP contribution in [0.4, 0.5) is 11.4 Å². The van der Waals surface area contributed by atoms with Gasteiger partial charge in [-0.1, -0.05) is 24.3 Å². The molecule has 0 saturated carbocycles. The molecule has 0 aliphatic carbocycles. The van der Waals surface area contributed by atoms with Crippen molar-refractivity contribution in [3.05, 3.63) is 103 Å². The number of benzene rings is 4. The van der Waals surface area contributed by atoms with Gasteiger partial charge in [0.25, 0.3) is 21.8 Å². The predicted octanol–water partition coefficient (Wildman–Crippen LogP) is 4.08. The topological polar surface area (TPSA) is 145 Å². The fourth-order valence-corrected chi connectivity index (χ4v) is 5.52. The summed E-state index contributed by atoms with van der Waals surface area (Å²) in [6.07, 6.45) is 1.39. The van der Waals surface area contributed by atoms with Crippen molar-refractivity contribution < 1.29 is 37.0 Å². The van der Waals surface area contributed by atoms with Crippen LogP contribution in [0.1, 0.15) is 5.56 Å². The monoisotopic (exact) mass is 632 g/mol. The van der Waals surface area contributed by atoms with E-state index in [9.17, 15) is 18.0 Å². The number of methoxy groups -OCH3 is 3. The van der Waals surface area contributed by atoms with Crippen LogP contribution in [0, 0.1) is 0 Å². The van der Waals surface area contributed by atoms with Gasteiger partial charge in [0, 0.05) is 0 Å². The van der Waals surface area contributed by atoms with Crippen LogP contribution in [0.15, 0.2) is 107 Å². The summed E-state index contributed by atoms with van der Waals surface area (Å²) < 4.78 is 49.5. The minimum Gasteiger partial charge on any atom is -0.497 e. The highest BCUT2D eigenvalue weighted by Crippen LogP contribution is 2.32. The molecule has 0 atom stereocenters. The van der Waals surface area contributed by atoms with Gasteiger partial charge in [-0.2, -0.15) is 5.10 Å². The lowest BCUT2D eigenvalue weighted by Gasteiger charge is -2.25. The first kappa shape index (κ1) is 32.4. The standard InChI is InChI=1S/C32H32N4O8S/c1-41-24-16-18-26(19-17-24)45(39,40)36(28-9-5-7-11-30(28)43-3)21-31(37)35-33-20-23-12-14-25(15-13-23)44-22-32(38)34-27-8-4-6-10-29(27)42-2/h4-20H,21-22H2,1-3H3,(H,34,38)(H,35,37)/b33-20-. The number of hydrogen-bond donors (Lipinski definition) is 2. The molecule has 2 N–H and O–H groups in total. The molecule has 12 nitrogen and oxygen atoms in total. The van der Waals surface area contributed by atoms with Crippen molar-refractivity contribution in [2.24, 2.45) is 5.10 Å². The Morgan fingerprint density at radius 2 is 1.38 bits per heavy atom. The van der Waals surface area contributed by atoms with Gasteiger partial charge in [0.2, 0.25) is 0 Å². The second-order valence-corrected chi connectivity index (χ2v) is 11.1. The fraction of sp³-hybridized carbons (Fsp3) is 0.156. The third-order valence-corrected chi connectivity index (χ3v) is 8.10. The highest BCUT2D eigenvalue weighted by Gasteiger charge is 2.29. The van der Waals surface area contributed by atoms with Crippen LogP contribution in [-0.4, -0.2) is 60.9 Å². The van der Waals surface area contributed by atoms with Crippen LogP contribution < -0.4 is 34.0 Å². The number of amides is 2. The van der Waals surface area contributed by atoms with Crippen molar-refractivity contribution in [2.45, 2.75) is 4.90 Å². The number of nitrogens with one attached hydrogen (secondary N) is 2. The number of nitrogens with zero attached hydrogens (tertiary/aromatic N) is 2. The second kappa shape index (κ2) is 15.3. The van der Waals surface area contributed by atoms with E-state index in [-0.39, 0.29) is 28.8 Å². The lowest BCUT2D eigenvalue weighted by Crippen LogP contribution is -2.39. The van der Waals surface area contributed by atoms with E-state index in [1.54, 1.807) is 72.8 Å². The maximum atomic E-state index is 13.6. The Morgan fingerprint density at radius 1 is 0.756 bits per heavy atom. The fourth-order valence-electron chi connectivity index (χ4n) is 4.09. The molecular weight excluding hydrogens is 600 g/mol. The summed E-state index contributed by atoms with van der Waals surface area (Å²) in [6.45, 7) is -0.792. The smallest absolute Gasteiger partial charge is 0.264 e. The average molecular weight is 633 g/mol. The molecule has 234 valence electrons. The van der Waals surface area contributed by atoms with Gasteiger partial charge in [0.05, 0.1) is 43.8 Å². The highest BCUT2D eigenvalue weighted by atomic mass is 32.2. The normalized spacial score (nSPS) is 11.0. The first-order chi connectivity index (χ1) is 21.7. The summed E-state index contributed by atoms with van der Waals surface area (Å²) in [6, 6.07) is 26.0. The lowest BCUT2D eigenvalue weighted by molar-refractivity contribution is -0.119. The van der Waals surface area contributed by atoms with Crippen molar-refractivity contribution in [1.29, 1.82) is 0 Å². The average Bonchev–Trinajstić information content (AvgIpc) is 3.07. The Morgan fingerprint density at radius 3 is 2.04 bits per heavy atom. The van der Waals surface area contributed by atoms with E-state index in [2.05, 4.69) is 15.8 Å². The van der Waals surface area contributed by atoms with Crippen LogP contribution in [-0.2, 0) is 19.6 Å². The minimum absolute atomic E-state index is 0.0370. The molecule has 0 saturated heterocycles. The van der Waals surface area contributed by atoms with Crippen molar-refractivity contribution in [1.82, 2.24) is 5.43 Å². The summed E-state index contributed by atoms with van der Waals surface area (Å²) in [5.41, 5.74) is 3.70. The van der Waals surface area contributed by atoms with E-state index < -0.39 is 22.5 Å². The first-order valence-corrected chi connectivity index (χ1v) is 15.0. The first-order valence-electron chi connectivity index (χ1n) is 13.5. The van der Waals surface area contributed by atoms with Gasteiger partial charge in [0.15, 0.2) is 6.61 Å². The molecule has 0 radical (unpaired) electrons. The molecule has 2 amide bonds. The van der Waals surface area contributed by atoms with Crippen molar-refractivity contribution in [3.63, 3.8) is 0 Å². The molecule has 13 heteroatoms. The lowest BCUT2D eigenvalue weighted by atomic mass is 10.2. The number of para-hydroxylation sites is 4. The Kier molecular flexibility index (Phi) is 11.0. The molecule has 0 spiro atoms. The number of carbonyl (C=O) groups excluding carboxylic acids is 2. The zero-order valence-electron chi connectivity index (χ0n) is 24.8. The van der Waals surface area contributed by atoms with Gasteiger partial charge in [-0.15, -0.1) is 0 Å². The number of anilines is 2. The Balaban J connectivity index is 1.38. The number of ether oxygens (including phenoxy) is 4. The maximum Gasteiger partial charge on any atom is 0.264 e. The third kappa shape index (κ3) is 8.51. The molecular formula is C32H32N4O8S. The molecule has 0 aliphatic rings. The van der Waals surface area contributed by atoms with E-state index in [1.165, 1.54) is 51.8 Å². The number of sulfonamides is 1. The van der Waals surface area contributed by atoms with Crippen molar-refractivity contribution >= 4 is 39.4 Å². The number of hydrazone groups is 1. The van der Waals surface area contributed by atoms with E-state index in [0.717, 1.165) is 4.31 Å². The van der Waals surface area contributed by atoms with E-state index in [0.29, 0.717) is 28.5 Å². The van der Waals surface area contributed by atoms with Crippen LogP contribution in [0.5, 0.6) is 23.0 Å². The predicted molar refractivity (Wildman–Crippen MR) is 170 cm³/mol.